The minimum Gasteiger partial charge on any atom is -0.493 e. The van der Waals surface area contributed by atoms with Crippen LogP contribution in [0.5, 0.6) is 11.5 Å². The fraction of sp³-hybridized carbons (Fsp3) is 0.647. The SMILES string of the molecule is CC.CC.COc1ccc(C)cc1OC1CCCC1. The van der Waals surface area contributed by atoms with Gasteiger partial charge in [0, 0.05) is 0 Å². The van der Waals surface area contributed by atoms with Crippen LogP contribution in [0.25, 0.3) is 0 Å². The average Bonchev–Trinajstić information content (AvgIpc) is 2.96. The van der Waals surface area contributed by atoms with Crippen molar-refractivity contribution in [2.24, 2.45) is 0 Å². The molecule has 1 aliphatic carbocycles. The monoisotopic (exact) mass is 266 g/mol. The smallest absolute Gasteiger partial charge is 0.161 e. The van der Waals surface area contributed by atoms with Gasteiger partial charge in [0.2, 0.25) is 0 Å². The largest absolute Gasteiger partial charge is 0.493 e. The number of rotatable bonds is 3. The molecule has 2 rings (SSSR count). The highest BCUT2D eigenvalue weighted by molar-refractivity contribution is 5.42. The summed E-state index contributed by atoms with van der Waals surface area (Å²) in [5.41, 5.74) is 1.21. The van der Waals surface area contributed by atoms with Crippen LogP contribution in [-0.4, -0.2) is 13.2 Å². The predicted molar refractivity (Wildman–Crippen MR) is 83.3 cm³/mol. The van der Waals surface area contributed by atoms with E-state index in [-0.39, 0.29) is 0 Å². The van der Waals surface area contributed by atoms with E-state index in [0.717, 1.165) is 11.5 Å². The molecular formula is C17H30O2. The maximum absolute atomic E-state index is 5.95. The highest BCUT2D eigenvalue weighted by atomic mass is 16.5. The van der Waals surface area contributed by atoms with Crippen molar-refractivity contribution in [3.63, 3.8) is 0 Å². The first-order valence-electron chi connectivity index (χ1n) is 7.61. The van der Waals surface area contributed by atoms with Gasteiger partial charge in [0.05, 0.1) is 13.2 Å². The average molecular weight is 266 g/mol. The lowest BCUT2D eigenvalue weighted by molar-refractivity contribution is 0.200. The molecule has 0 heterocycles. The Labute approximate surface area is 119 Å². The minimum atomic E-state index is 0.390. The third kappa shape index (κ3) is 6.00. The van der Waals surface area contributed by atoms with Crippen LogP contribution in [0.15, 0.2) is 18.2 Å². The molecule has 1 saturated carbocycles. The van der Waals surface area contributed by atoms with Crippen LogP contribution >= 0.6 is 0 Å². The molecule has 0 aliphatic heterocycles. The van der Waals surface area contributed by atoms with Gasteiger partial charge in [0.1, 0.15) is 0 Å². The second-order valence-electron chi connectivity index (χ2n) is 4.18. The van der Waals surface area contributed by atoms with Gasteiger partial charge in [0.15, 0.2) is 11.5 Å². The summed E-state index contributed by atoms with van der Waals surface area (Å²) in [5, 5.41) is 0. The molecule has 0 saturated heterocycles. The van der Waals surface area contributed by atoms with Gasteiger partial charge in [-0.2, -0.15) is 0 Å². The minimum absolute atomic E-state index is 0.390. The second-order valence-corrected chi connectivity index (χ2v) is 4.18. The normalized spacial score (nSPS) is 13.8. The van der Waals surface area contributed by atoms with Crippen molar-refractivity contribution in [2.75, 3.05) is 7.11 Å². The van der Waals surface area contributed by atoms with E-state index in [9.17, 15) is 0 Å². The first-order chi connectivity index (χ1) is 9.29. The zero-order valence-electron chi connectivity index (χ0n) is 13.5. The Morgan fingerprint density at radius 1 is 0.947 bits per heavy atom. The first kappa shape index (κ1) is 17.8. The van der Waals surface area contributed by atoms with Gasteiger partial charge >= 0.3 is 0 Å². The van der Waals surface area contributed by atoms with Crippen LogP contribution in [0, 0.1) is 6.92 Å². The number of ether oxygens (including phenoxy) is 2. The lowest BCUT2D eigenvalue weighted by Crippen LogP contribution is -2.11. The molecule has 1 aromatic rings. The quantitative estimate of drug-likeness (QED) is 0.731. The van der Waals surface area contributed by atoms with Crippen LogP contribution in [-0.2, 0) is 0 Å². The zero-order chi connectivity index (χ0) is 14.7. The summed E-state index contributed by atoms with van der Waals surface area (Å²) in [7, 11) is 1.69. The van der Waals surface area contributed by atoms with Crippen molar-refractivity contribution in [1.29, 1.82) is 0 Å². The molecule has 0 bridgehead atoms. The fourth-order valence-corrected chi connectivity index (χ4v) is 2.06. The molecule has 1 fully saturated rings. The van der Waals surface area contributed by atoms with Crippen LogP contribution in [0.1, 0.15) is 58.9 Å². The van der Waals surface area contributed by atoms with Gasteiger partial charge < -0.3 is 9.47 Å². The van der Waals surface area contributed by atoms with Crippen molar-refractivity contribution >= 4 is 0 Å². The number of hydrogen-bond acceptors (Lipinski definition) is 2. The van der Waals surface area contributed by atoms with Gasteiger partial charge in [-0.3, -0.25) is 0 Å². The maximum atomic E-state index is 5.95. The van der Waals surface area contributed by atoms with E-state index in [1.807, 2.05) is 39.8 Å². The molecule has 1 aliphatic rings. The van der Waals surface area contributed by atoms with Crippen LogP contribution < -0.4 is 9.47 Å². The summed E-state index contributed by atoms with van der Waals surface area (Å²) in [6.07, 6.45) is 5.33. The first-order valence-corrected chi connectivity index (χ1v) is 7.61. The number of aryl methyl sites for hydroxylation is 1. The van der Waals surface area contributed by atoms with Crippen molar-refractivity contribution in [3.05, 3.63) is 23.8 Å². The Hall–Kier alpha value is -1.18. The van der Waals surface area contributed by atoms with Gasteiger partial charge in [-0.15, -0.1) is 0 Å². The fourth-order valence-electron chi connectivity index (χ4n) is 2.06. The van der Waals surface area contributed by atoms with E-state index >= 15 is 0 Å². The lowest BCUT2D eigenvalue weighted by Gasteiger charge is -2.16. The number of benzene rings is 1. The molecule has 0 radical (unpaired) electrons. The van der Waals surface area contributed by atoms with E-state index < -0.39 is 0 Å². The Morgan fingerprint density at radius 3 is 2.05 bits per heavy atom. The van der Waals surface area contributed by atoms with Crippen LogP contribution in [0.4, 0.5) is 0 Å². The van der Waals surface area contributed by atoms with Crippen molar-refractivity contribution < 1.29 is 9.47 Å². The maximum Gasteiger partial charge on any atom is 0.161 e. The predicted octanol–water partition coefficient (Wildman–Crippen LogP) is 5.38. The molecule has 19 heavy (non-hydrogen) atoms. The van der Waals surface area contributed by atoms with E-state index in [2.05, 4.69) is 13.0 Å². The van der Waals surface area contributed by atoms with Crippen molar-refractivity contribution in [2.45, 2.75) is 66.4 Å². The standard InChI is InChI=1S/C13H18O2.2C2H6/c1-10-7-8-12(14-2)13(9-10)15-11-5-3-4-6-11;2*1-2/h7-9,11H,3-6H2,1-2H3;2*1-2H3. The lowest BCUT2D eigenvalue weighted by atomic mass is 10.2. The summed E-state index contributed by atoms with van der Waals surface area (Å²) < 4.78 is 11.2. The molecule has 110 valence electrons. The van der Waals surface area contributed by atoms with Gasteiger partial charge in [0.25, 0.3) is 0 Å². The highest BCUT2D eigenvalue weighted by Crippen LogP contribution is 2.32. The van der Waals surface area contributed by atoms with E-state index in [0.29, 0.717) is 6.10 Å². The highest BCUT2D eigenvalue weighted by Gasteiger charge is 2.18. The molecular weight excluding hydrogens is 236 g/mol. The molecule has 0 unspecified atom stereocenters. The third-order valence-corrected chi connectivity index (χ3v) is 2.91. The van der Waals surface area contributed by atoms with Gasteiger partial charge in [-0.05, 0) is 50.3 Å². The molecule has 0 amide bonds. The molecule has 2 nitrogen and oxygen atoms in total. The molecule has 2 heteroatoms. The van der Waals surface area contributed by atoms with Gasteiger partial charge in [-0.1, -0.05) is 33.8 Å². The number of methoxy groups -OCH3 is 1. The van der Waals surface area contributed by atoms with Crippen LogP contribution in [0.3, 0.4) is 0 Å². The van der Waals surface area contributed by atoms with Gasteiger partial charge in [-0.25, -0.2) is 0 Å². The summed E-state index contributed by atoms with van der Waals surface area (Å²) in [6, 6.07) is 6.07. The summed E-state index contributed by atoms with van der Waals surface area (Å²) in [5.74, 6) is 1.73. The zero-order valence-corrected chi connectivity index (χ0v) is 13.5. The van der Waals surface area contributed by atoms with E-state index in [4.69, 9.17) is 9.47 Å². The molecule has 0 N–H and O–H groups in total. The Bertz CT molecular complexity index is 328. The van der Waals surface area contributed by atoms with E-state index in [1.165, 1.54) is 31.2 Å². The summed E-state index contributed by atoms with van der Waals surface area (Å²) >= 11 is 0. The summed E-state index contributed by atoms with van der Waals surface area (Å²) in [4.78, 5) is 0. The Kier molecular flexibility index (Phi) is 10.1. The number of hydrogen-bond donors (Lipinski definition) is 0. The molecule has 0 atom stereocenters. The second kappa shape index (κ2) is 10.7. The molecule has 1 aromatic carbocycles. The third-order valence-electron chi connectivity index (χ3n) is 2.91. The molecule has 0 spiro atoms. The van der Waals surface area contributed by atoms with E-state index in [1.54, 1.807) is 7.11 Å². The molecule has 0 aromatic heterocycles. The Morgan fingerprint density at radius 2 is 1.53 bits per heavy atom. The Balaban J connectivity index is 0.000000741. The van der Waals surface area contributed by atoms with Crippen LogP contribution in [0.2, 0.25) is 0 Å². The van der Waals surface area contributed by atoms with Crippen molar-refractivity contribution in [1.82, 2.24) is 0 Å². The topological polar surface area (TPSA) is 18.5 Å². The van der Waals surface area contributed by atoms with Crippen molar-refractivity contribution in [3.8, 4) is 11.5 Å². The summed E-state index contributed by atoms with van der Waals surface area (Å²) in [6.45, 7) is 10.1.